The number of fused-ring (bicyclic) bond motifs is 1. The van der Waals surface area contributed by atoms with Crippen LogP contribution < -0.4 is 5.73 Å². The minimum absolute atomic E-state index is 0.0660. The maximum Gasteiger partial charge on any atom is 0.245 e. The molecule has 0 radical (unpaired) electrons. The van der Waals surface area contributed by atoms with Gasteiger partial charge in [0.25, 0.3) is 0 Å². The molecule has 3 rings (SSSR count). The lowest BCUT2D eigenvalue weighted by Gasteiger charge is -2.42. The van der Waals surface area contributed by atoms with E-state index < -0.39 is 6.04 Å². The second-order valence-corrected chi connectivity index (χ2v) is 8.31. The molecule has 1 saturated heterocycles. The van der Waals surface area contributed by atoms with Crippen molar-refractivity contribution in [1.82, 2.24) is 9.80 Å². The first kappa shape index (κ1) is 19.9. The van der Waals surface area contributed by atoms with Gasteiger partial charge in [-0.1, -0.05) is 38.1 Å². The van der Waals surface area contributed by atoms with Crippen molar-refractivity contribution in [2.75, 3.05) is 13.1 Å². The molecule has 5 heteroatoms. The first-order chi connectivity index (χ1) is 12.9. The Labute approximate surface area is 162 Å². The molecule has 0 bridgehead atoms. The van der Waals surface area contributed by atoms with Gasteiger partial charge in [-0.25, -0.2) is 0 Å². The van der Waals surface area contributed by atoms with Gasteiger partial charge in [-0.05, 0) is 43.2 Å². The van der Waals surface area contributed by atoms with Crippen molar-refractivity contribution in [1.29, 1.82) is 0 Å². The highest BCUT2D eigenvalue weighted by Gasteiger charge is 2.39. The largest absolute Gasteiger partial charge is 0.341 e. The number of hydrogen-bond acceptors (Lipinski definition) is 3. The summed E-state index contributed by atoms with van der Waals surface area (Å²) in [6.45, 7) is 8.01. The lowest BCUT2D eigenvalue weighted by atomic mass is 9.89. The SMILES string of the molecule is CCC(C)C(=O)N1Cc2ccccc2CC1C(=O)N1CCCC(C(C)N)C1. The van der Waals surface area contributed by atoms with Crippen molar-refractivity contribution >= 4 is 11.8 Å². The molecule has 5 nitrogen and oxygen atoms in total. The summed E-state index contributed by atoms with van der Waals surface area (Å²) in [6.07, 6.45) is 3.45. The second kappa shape index (κ2) is 8.42. The number of nitrogens with zero attached hydrogens (tertiary/aromatic N) is 2. The van der Waals surface area contributed by atoms with E-state index in [1.54, 1.807) is 0 Å². The number of likely N-dealkylation sites (tertiary alicyclic amines) is 1. The van der Waals surface area contributed by atoms with Crippen LogP contribution >= 0.6 is 0 Å². The van der Waals surface area contributed by atoms with E-state index in [0.717, 1.165) is 31.4 Å². The molecule has 2 aliphatic heterocycles. The van der Waals surface area contributed by atoms with E-state index in [-0.39, 0.29) is 23.8 Å². The number of carbonyl (C=O) groups is 2. The summed E-state index contributed by atoms with van der Waals surface area (Å²) < 4.78 is 0. The standard InChI is InChI=1S/C22H33N3O2/c1-4-15(2)21(26)25-14-19-9-6-5-8-17(19)12-20(25)22(27)24-11-7-10-18(13-24)16(3)23/h5-6,8-9,15-16,18,20H,4,7,10-14,23H2,1-3H3. The minimum Gasteiger partial charge on any atom is -0.341 e. The van der Waals surface area contributed by atoms with Crippen LogP contribution in [0.4, 0.5) is 0 Å². The normalized spacial score (nSPS) is 24.9. The van der Waals surface area contributed by atoms with Gasteiger partial charge in [0.15, 0.2) is 0 Å². The highest BCUT2D eigenvalue weighted by molar-refractivity contribution is 5.89. The number of nitrogens with two attached hydrogens (primary N) is 1. The summed E-state index contributed by atoms with van der Waals surface area (Å²) in [5.41, 5.74) is 8.44. The number of amides is 2. The fraction of sp³-hybridized carbons (Fsp3) is 0.636. The summed E-state index contributed by atoms with van der Waals surface area (Å²) in [5, 5.41) is 0. The topological polar surface area (TPSA) is 66.6 Å². The van der Waals surface area contributed by atoms with Crippen molar-refractivity contribution in [3.05, 3.63) is 35.4 Å². The molecular weight excluding hydrogens is 338 g/mol. The van der Waals surface area contributed by atoms with E-state index in [0.29, 0.717) is 25.4 Å². The fourth-order valence-electron chi connectivity index (χ4n) is 4.28. The molecule has 1 fully saturated rings. The van der Waals surface area contributed by atoms with Gasteiger partial charge in [0, 0.05) is 38.0 Å². The first-order valence-corrected chi connectivity index (χ1v) is 10.3. The van der Waals surface area contributed by atoms with Gasteiger partial charge in [0.1, 0.15) is 6.04 Å². The third-order valence-corrected chi connectivity index (χ3v) is 6.36. The Balaban J connectivity index is 1.85. The van der Waals surface area contributed by atoms with Crippen LogP contribution in [0.2, 0.25) is 0 Å². The predicted molar refractivity (Wildman–Crippen MR) is 107 cm³/mol. The van der Waals surface area contributed by atoms with Gasteiger partial charge in [0.05, 0.1) is 0 Å². The number of benzene rings is 1. The zero-order chi connectivity index (χ0) is 19.6. The van der Waals surface area contributed by atoms with Gasteiger partial charge in [-0.15, -0.1) is 0 Å². The molecule has 0 spiro atoms. The average Bonchev–Trinajstić information content (AvgIpc) is 2.71. The number of hydrogen-bond donors (Lipinski definition) is 1. The van der Waals surface area contributed by atoms with Gasteiger partial charge >= 0.3 is 0 Å². The third kappa shape index (κ3) is 4.18. The molecule has 2 heterocycles. The molecule has 1 aromatic carbocycles. The van der Waals surface area contributed by atoms with Gasteiger partial charge in [0.2, 0.25) is 11.8 Å². The first-order valence-electron chi connectivity index (χ1n) is 10.3. The maximum absolute atomic E-state index is 13.4. The highest BCUT2D eigenvalue weighted by atomic mass is 16.2. The maximum atomic E-state index is 13.4. The predicted octanol–water partition coefficient (Wildman–Crippen LogP) is 2.57. The molecule has 27 heavy (non-hydrogen) atoms. The molecule has 4 atom stereocenters. The third-order valence-electron chi connectivity index (χ3n) is 6.36. The quantitative estimate of drug-likeness (QED) is 0.885. The van der Waals surface area contributed by atoms with E-state index in [1.807, 2.05) is 42.7 Å². The van der Waals surface area contributed by atoms with Gasteiger partial charge < -0.3 is 15.5 Å². The van der Waals surface area contributed by atoms with E-state index in [4.69, 9.17) is 5.73 Å². The van der Waals surface area contributed by atoms with Crippen molar-refractivity contribution in [3.63, 3.8) is 0 Å². The zero-order valence-corrected chi connectivity index (χ0v) is 16.9. The minimum atomic E-state index is -0.395. The van der Waals surface area contributed by atoms with Crippen LogP contribution in [0.5, 0.6) is 0 Å². The lowest BCUT2D eigenvalue weighted by molar-refractivity contribution is -0.150. The molecule has 2 amide bonds. The van der Waals surface area contributed by atoms with Crippen molar-refractivity contribution in [2.45, 2.75) is 65.1 Å². The number of piperidine rings is 1. The molecule has 0 aromatic heterocycles. The van der Waals surface area contributed by atoms with Crippen LogP contribution in [0.1, 0.15) is 51.2 Å². The summed E-state index contributed by atoms with van der Waals surface area (Å²) in [4.78, 5) is 30.3. The van der Waals surface area contributed by atoms with Crippen LogP contribution in [0.25, 0.3) is 0 Å². The van der Waals surface area contributed by atoms with E-state index in [1.165, 1.54) is 5.56 Å². The molecule has 0 aliphatic carbocycles. The Morgan fingerprint density at radius 2 is 1.93 bits per heavy atom. The van der Waals surface area contributed by atoms with Crippen LogP contribution in [-0.4, -0.2) is 46.8 Å². The Kier molecular flexibility index (Phi) is 6.20. The fourth-order valence-corrected chi connectivity index (χ4v) is 4.28. The summed E-state index contributed by atoms with van der Waals surface area (Å²) >= 11 is 0. The molecule has 2 N–H and O–H groups in total. The lowest BCUT2D eigenvalue weighted by Crippen LogP contribution is -2.57. The molecular formula is C22H33N3O2. The monoisotopic (exact) mass is 371 g/mol. The number of carbonyl (C=O) groups excluding carboxylic acids is 2. The summed E-state index contributed by atoms with van der Waals surface area (Å²) in [7, 11) is 0. The Hall–Kier alpha value is -1.88. The van der Waals surface area contributed by atoms with Gasteiger partial charge in [-0.3, -0.25) is 9.59 Å². The Morgan fingerprint density at radius 3 is 2.59 bits per heavy atom. The highest BCUT2D eigenvalue weighted by Crippen LogP contribution is 2.28. The molecule has 2 aliphatic rings. The second-order valence-electron chi connectivity index (χ2n) is 8.31. The Morgan fingerprint density at radius 1 is 1.22 bits per heavy atom. The van der Waals surface area contributed by atoms with Crippen LogP contribution in [0.15, 0.2) is 24.3 Å². The molecule has 0 saturated carbocycles. The Bertz CT molecular complexity index is 688. The van der Waals surface area contributed by atoms with Crippen molar-refractivity contribution < 1.29 is 9.59 Å². The number of rotatable bonds is 4. The van der Waals surface area contributed by atoms with Crippen molar-refractivity contribution in [3.8, 4) is 0 Å². The average molecular weight is 372 g/mol. The zero-order valence-electron chi connectivity index (χ0n) is 16.9. The molecule has 148 valence electrons. The van der Waals surface area contributed by atoms with Crippen LogP contribution in [-0.2, 0) is 22.6 Å². The van der Waals surface area contributed by atoms with E-state index >= 15 is 0 Å². The summed E-state index contributed by atoms with van der Waals surface area (Å²) in [6, 6.07) is 7.87. The van der Waals surface area contributed by atoms with E-state index in [9.17, 15) is 9.59 Å². The van der Waals surface area contributed by atoms with Crippen LogP contribution in [0, 0.1) is 11.8 Å². The van der Waals surface area contributed by atoms with E-state index in [2.05, 4.69) is 12.1 Å². The molecule has 1 aromatic rings. The smallest absolute Gasteiger partial charge is 0.245 e. The van der Waals surface area contributed by atoms with Gasteiger partial charge in [-0.2, -0.15) is 0 Å². The van der Waals surface area contributed by atoms with Crippen molar-refractivity contribution in [2.24, 2.45) is 17.6 Å². The van der Waals surface area contributed by atoms with Crippen LogP contribution in [0.3, 0.4) is 0 Å². The molecule has 4 unspecified atom stereocenters. The summed E-state index contributed by atoms with van der Waals surface area (Å²) in [5.74, 6) is 0.457.